The Bertz CT molecular complexity index is 1110. The number of hydrogen-bond donors (Lipinski definition) is 3. The summed E-state index contributed by atoms with van der Waals surface area (Å²) in [4.78, 5) is 26.6. The highest BCUT2D eigenvalue weighted by Gasteiger charge is 2.12. The summed E-state index contributed by atoms with van der Waals surface area (Å²) < 4.78 is 0. The Morgan fingerprint density at radius 1 is 1.00 bits per heavy atom. The minimum atomic E-state index is -0.544. The lowest BCUT2D eigenvalue weighted by Gasteiger charge is -2.13. The summed E-state index contributed by atoms with van der Waals surface area (Å²) >= 11 is 0. The summed E-state index contributed by atoms with van der Waals surface area (Å²) in [6, 6.07) is 18.0. The largest absolute Gasteiger partial charge is 0.507 e. The van der Waals surface area contributed by atoms with Gasteiger partial charge in [-0.2, -0.15) is 5.10 Å². The van der Waals surface area contributed by atoms with Crippen molar-refractivity contribution in [1.82, 2.24) is 5.43 Å². The van der Waals surface area contributed by atoms with Crippen molar-refractivity contribution in [1.29, 1.82) is 0 Å². The number of anilines is 2. The van der Waals surface area contributed by atoms with Gasteiger partial charge in [-0.15, -0.1) is 0 Å². The van der Waals surface area contributed by atoms with Gasteiger partial charge in [0.15, 0.2) is 0 Å². The van der Waals surface area contributed by atoms with E-state index in [0.29, 0.717) is 11.4 Å². The van der Waals surface area contributed by atoms with Crippen molar-refractivity contribution in [3.8, 4) is 5.75 Å². The summed E-state index contributed by atoms with van der Waals surface area (Å²) in [6.45, 7) is 1.65. The third-order valence-electron chi connectivity index (χ3n) is 4.54. The van der Waals surface area contributed by atoms with Gasteiger partial charge in [-0.25, -0.2) is 5.43 Å². The topological polar surface area (TPSA) is 94.0 Å². The van der Waals surface area contributed by atoms with Crippen molar-refractivity contribution in [2.24, 2.45) is 5.10 Å². The molecule has 7 heteroatoms. The molecule has 2 amide bonds. The number of phenols is 1. The van der Waals surface area contributed by atoms with Gasteiger partial charge in [-0.1, -0.05) is 24.3 Å². The zero-order valence-electron chi connectivity index (χ0n) is 17.1. The second kappa shape index (κ2) is 9.09. The van der Waals surface area contributed by atoms with E-state index in [1.165, 1.54) is 6.07 Å². The molecule has 0 aliphatic rings. The third kappa shape index (κ3) is 5.14. The predicted octanol–water partition coefficient (Wildman–Crippen LogP) is 3.75. The molecule has 0 aliphatic carbocycles. The van der Waals surface area contributed by atoms with Crippen molar-refractivity contribution in [3.05, 3.63) is 66.2 Å². The first-order valence-corrected chi connectivity index (χ1v) is 9.46. The van der Waals surface area contributed by atoms with Crippen LogP contribution in [0.25, 0.3) is 10.8 Å². The Balaban J connectivity index is 1.59. The van der Waals surface area contributed by atoms with Gasteiger partial charge in [0.05, 0.1) is 12.0 Å². The smallest absolute Gasteiger partial charge is 0.275 e. The summed E-state index contributed by atoms with van der Waals surface area (Å²) in [5.41, 5.74) is 4.67. The van der Waals surface area contributed by atoms with Crippen LogP contribution in [0.15, 0.2) is 65.8 Å². The third-order valence-corrected chi connectivity index (χ3v) is 4.54. The molecular weight excluding hydrogens is 380 g/mol. The van der Waals surface area contributed by atoms with Crippen molar-refractivity contribution in [2.45, 2.75) is 13.3 Å². The zero-order valence-corrected chi connectivity index (χ0v) is 17.1. The van der Waals surface area contributed by atoms with E-state index < -0.39 is 5.91 Å². The highest BCUT2D eigenvalue weighted by Crippen LogP contribution is 2.24. The van der Waals surface area contributed by atoms with Crippen molar-refractivity contribution in [2.75, 3.05) is 24.3 Å². The Morgan fingerprint density at radius 2 is 1.63 bits per heavy atom. The lowest BCUT2D eigenvalue weighted by molar-refractivity contribution is -0.115. The van der Waals surface area contributed by atoms with Crippen molar-refractivity contribution in [3.63, 3.8) is 0 Å². The molecule has 0 aromatic heterocycles. The molecule has 0 spiro atoms. The number of hydrogen-bond acceptors (Lipinski definition) is 5. The van der Waals surface area contributed by atoms with Crippen molar-refractivity contribution >= 4 is 39.7 Å². The molecule has 0 unspecified atom stereocenters. The Hall–Kier alpha value is -3.87. The molecule has 0 saturated heterocycles. The maximum Gasteiger partial charge on any atom is 0.275 e. The predicted molar refractivity (Wildman–Crippen MR) is 120 cm³/mol. The number of nitrogens with one attached hydrogen (secondary N) is 2. The molecule has 0 atom stereocenters. The zero-order chi connectivity index (χ0) is 21.7. The molecule has 3 aromatic rings. The van der Waals surface area contributed by atoms with Crippen LogP contribution in [0, 0.1) is 0 Å². The summed E-state index contributed by atoms with van der Waals surface area (Å²) in [5.74, 6) is -0.910. The number of hydrazone groups is 1. The van der Waals surface area contributed by atoms with E-state index in [-0.39, 0.29) is 23.6 Å². The van der Waals surface area contributed by atoms with Crippen LogP contribution in [-0.4, -0.2) is 36.7 Å². The number of carbonyl (C=O) groups excluding carboxylic acids is 2. The van der Waals surface area contributed by atoms with Gasteiger partial charge in [0.2, 0.25) is 5.91 Å². The molecule has 0 heterocycles. The van der Waals surface area contributed by atoms with Crippen LogP contribution in [0.1, 0.15) is 23.7 Å². The number of amides is 2. The number of nitrogens with zero attached hydrogens (tertiary/aromatic N) is 2. The fourth-order valence-corrected chi connectivity index (χ4v) is 2.94. The lowest BCUT2D eigenvalue weighted by atomic mass is 10.1. The molecule has 7 nitrogen and oxygen atoms in total. The molecule has 0 fully saturated rings. The maximum atomic E-state index is 12.4. The second-order valence-corrected chi connectivity index (χ2v) is 7.17. The first-order chi connectivity index (χ1) is 14.3. The molecule has 0 bridgehead atoms. The van der Waals surface area contributed by atoms with Crippen LogP contribution < -0.4 is 15.6 Å². The van der Waals surface area contributed by atoms with Crippen LogP contribution in [0.5, 0.6) is 5.75 Å². The number of carbonyl (C=O) groups is 2. The SMILES string of the molecule is C/C(CC(=O)Nc1ccc(N(C)C)cc1)=N/NC(=O)c1cc2ccccc2cc1O. The number of phenolic OH excluding ortho intramolecular Hbond substituents is 1. The van der Waals surface area contributed by atoms with E-state index >= 15 is 0 Å². The van der Waals surface area contributed by atoms with Crippen LogP contribution in [-0.2, 0) is 4.79 Å². The highest BCUT2D eigenvalue weighted by molar-refractivity contribution is 6.06. The van der Waals surface area contributed by atoms with Gasteiger partial charge in [-0.3, -0.25) is 9.59 Å². The number of fused-ring (bicyclic) bond motifs is 1. The van der Waals surface area contributed by atoms with Gasteiger partial charge < -0.3 is 15.3 Å². The van der Waals surface area contributed by atoms with Gasteiger partial charge in [0, 0.05) is 31.2 Å². The summed E-state index contributed by atoms with van der Waals surface area (Å²) in [7, 11) is 3.89. The van der Waals surface area contributed by atoms with Crippen LogP contribution in [0.4, 0.5) is 11.4 Å². The number of rotatable bonds is 6. The molecule has 30 heavy (non-hydrogen) atoms. The summed E-state index contributed by atoms with van der Waals surface area (Å²) in [5, 5.41) is 18.6. The summed E-state index contributed by atoms with van der Waals surface area (Å²) in [6.07, 6.45) is 0.0272. The van der Waals surface area contributed by atoms with Crippen LogP contribution in [0.2, 0.25) is 0 Å². The van der Waals surface area contributed by atoms with E-state index in [1.807, 2.05) is 67.5 Å². The van der Waals surface area contributed by atoms with Gasteiger partial charge in [-0.05, 0) is 54.1 Å². The average Bonchev–Trinajstić information content (AvgIpc) is 2.71. The van der Waals surface area contributed by atoms with E-state index in [2.05, 4.69) is 15.8 Å². The quantitative estimate of drug-likeness (QED) is 0.431. The molecule has 154 valence electrons. The Labute approximate surface area is 175 Å². The van der Waals surface area contributed by atoms with E-state index in [0.717, 1.165) is 16.5 Å². The fraction of sp³-hybridized carbons (Fsp3) is 0.174. The minimum Gasteiger partial charge on any atom is -0.507 e. The number of aromatic hydroxyl groups is 1. The van der Waals surface area contributed by atoms with Gasteiger partial charge in [0.25, 0.3) is 5.91 Å². The minimum absolute atomic E-state index is 0.0272. The van der Waals surface area contributed by atoms with Gasteiger partial charge in [0.1, 0.15) is 5.75 Å². The van der Waals surface area contributed by atoms with Crippen LogP contribution in [0.3, 0.4) is 0 Å². The van der Waals surface area contributed by atoms with Gasteiger partial charge >= 0.3 is 0 Å². The van der Waals surface area contributed by atoms with E-state index in [1.54, 1.807) is 13.0 Å². The highest BCUT2D eigenvalue weighted by atomic mass is 16.3. The van der Waals surface area contributed by atoms with Crippen LogP contribution >= 0.6 is 0 Å². The second-order valence-electron chi connectivity index (χ2n) is 7.17. The standard InChI is InChI=1S/C23H24N4O3/c1-15(12-22(29)24-18-8-10-19(11-9-18)27(2)3)25-26-23(30)20-13-16-6-4-5-7-17(16)14-21(20)28/h4-11,13-14,28H,12H2,1-3H3,(H,24,29)(H,26,30)/b25-15-. The first kappa shape index (κ1) is 20.9. The Kier molecular flexibility index (Phi) is 6.32. The molecule has 0 aliphatic heterocycles. The van der Waals surface area contributed by atoms with Crippen molar-refractivity contribution < 1.29 is 14.7 Å². The first-order valence-electron chi connectivity index (χ1n) is 9.46. The Morgan fingerprint density at radius 3 is 2.27 bits per heavy atom. The average molecular weight is 404 g/mol. The normalized spacial score (nSPS) is 11.2. The molecule has 3 N–H and O–H groups in total. The molecule has 3 rings (SSSR count). The van der Waals surface area contributed by atoms with E-state index in [9.17, 15) is 14.7 Å². The fourth-order valence-electron chi connectivity index (χ4n) is 2.94. The molecule has 3 aromatic carbocycles. The van der Waals surface area contributed by atoms with E-state index in [4.69, 9.17) is 0 Å². The molecule has 0 radical (unpaired) electrons. The monoisotopic (exact) mass is 404 g/mol. The number of benzene rings is 3. The lowest BCUT2D eigenvalue weighted by Crippen LogP contribution is -2.21. The molecular formula is C23H24N4O3. The maximum absolute atomic E-state index is 12.4. The molecule has 0 saturated carbocycles.